The van der Waals surface area contributed by atoms with E-state index in [1.54, 1.807) is 0 Å². The average Bonchev–Trinajstić information content (AvgIpc) is 2.38. The number of rotatable bonds is 3. The molecule has 2 N–H and O–H groups in total. The van der Waals surface area contributed by atoms with Crippen LogP contribution in [0.3, 0.4) is 0 Å². The molecule has 1 heterocycles. The lowest BCUT2D eigenvalue weighted by atomic mass is 10.0. The van der Waals surface area contributed by atoms with E-state index in [4.69, 9.17) is 5.73 Å². The van der Waals surface area contributed by atoms with Crippen molar-refractivity contribution < 1.29 is 0 Å². The summed E-state index contributed by atoms with van der Waals surface area (Å²) in [5, 5.41) is 0. The molecule has 0 unspecified atom stereocenters. The smallest absolute Gasteiger partial charge is 0.131 e. The van der Waals surface area contributed by atoms with Crippen molar-refractivity contribution >= 4 is 5.82 Å². The molecule has 0 atom stereocenters. The Kier molecular flexibility index (Phi) is 3.60. The predicted octanol–water partition coefficient (Wildman–Crippen LogP) is 3.41. The minimum absolute atomic E-state index is 0.532. The molecule has 2 rings (SSSR count). The van der Waals surface area contributed by atoms with Crippen LogP contribution in [0.4, 0.5) is 5.82 Å². The van der Waals surface area contributed by atoms with Gasteiger partial charge in [-0.05, 0) is 11.5 Å². The van der Waals surface area contributed by atoms with Gasteiger partial charge in [-0.25, -0.2) is 9.97 Å². The third-order valence-electron chi connectivity index (χ3n) is 2.98. The highest BCUT2D eigenvalue weighted by Crippen LogP contribution is 2.22. The summed E-state index contributed by atoms with van der Waals surface area (Å²) in [4.78, 5) is 8.70. The molecule has 0 saturated heterocycles. The topological polar surface area (TPSA) is 51.8 Å². The second-order valence-corrected chi connectivity index (χ2v) is 4.72. The second-order valence-electron chi connectivity index (χ2n) is 4.72. The molecule has 0 bridgehead atoms. The maximum absolute atomic E-state index is 5.80. The van der Waals surface area contributed by atoms with Gasteiger partial charge in [-0.1, -0.05) is 45.0 Å². The lowest BCUT2D eigenvalue weighted by molar-refractivity contribution is 0.867. The normalized spacial score (nSPS) is 10.9. The van der Waals surface area contributed by atoms with E-state index in [1.165, 1.54) is 5.56 Å². The minimum atomic E-state index is 0.532. The van der Waals surface area contributed by atoms with Crippen molar-refractivity contribution in [3.05, 3.63) is 41.7 Å². The van der Waals surface area contributed by atoms with Crippen molar-refractivity contribution in [2.24, 2.45) is 0 Å². The van der Waals surface area contributed by atoms with Crippen LogP contribution in [0.2, 0.25) is 0 Å². The number of hydrogen-bond donors (Lipinski definition) is 1. The number of aromatic nitrogens is 2. The van der Waals surface area contributed by atoms with Crippen molar-refractivity contribution in [3.63, 3.8) is 0 Å². The summed E-state index contributed by atoms with van der Waals surface area (Å²) in [6, 6.07) is 10.3. The fourth-order valence-corrected chi connectivity index (χ4v) is 1.86. The van der Waals surface area contributed by atoms with Crippen molar-refractivity contribution in [1.29, 1.82) is 0 Å². The molecule has 0 saturated carbocycles. The Bertz CT molecular complexity index is 530. The number of anilines is 1. The molecule has 0 fully saturated rings. The number of nitrogens with zero attached hydrogens (tertiary/aromatic N) is 2. The minimum Gasteiger partial charge on any atom is -0.384 e. The summed E-state index contributed by atoms with van der Waals surface area (Å²) in [6.45, 7) is 6.40. The van der Waals surface area contributed by atoms with Gasteiger partial charge in [-0.15, -0.1) is 0 Å². The molecule has 1 aromatic heterocycles. The first-order valence-corrected chi connectivity index (χ1v) is 6.34. The zero-order chi connectivity index (χ0) is 13.1. The van der Waals surface area contributed by atoms with Gasteiger partial charge in [0.1, 0.15) is 11.6 Å². The summed E-state index contributed by atoms with van der Waals surface area (Å²) in [5.41, 5.74) is 9.11. The van der Waals surface area contributed by atoms with Crippen LogP contribution in [0.5, 0.6) is 0 Å². The monoisotopic (exact) mass is 241 g/mol. The molecule has 0 amide bonds. The van der Waals surface area contributed by atoms with Crippen molar-refractivity contribution in [2.45, 2.75) is 33.1 Å². The van der Waals surface area contributed by atoms with E-state index in [0.29, 0.717) is 11.7 Å². The molecule has 18 heavy (non-hydrogen) atoms. The Labute approximate surface area is 108 Å². The standard InChI is InChI=1S/C15H19N3/c1-4-15-17-13(9-14(16)18-15)12-7-5-11(6-8-12)10(2)3/h5-10H,4H2,1-3H3,(H2,16,17,18). The maximum atomic E-state index is 5.80. The molecule has 94 valence electrons. The van der Waals surface area contributed by atoms with Crippen LogP contribution in [-0.2, 0) is 6.42 Å². The van der Waals surface area contributed by atoms with Gasteiger partial charge in [0.05, 0.1) is 5.69 Å². The predicted molar refractivity (Wildman–Crippen MR) is 75.3 cm³/mol. The number of benzene rings is 1. The molecular formula is C15H19N3. The lowest BCUT2D eigenvalue weighted by Gasteiger charge is -2.08. The van der Waals surface area contributed by atoms with Gasteiger partial charge in [0.15, 0.2) is 0 Å². The van der Waals surface area contributed by atoms with E-state index < -0.39 is 0 Å². The van der Waals surface area contributed by atoms with Gasteiger partial charge in [-0.2, -0.15) is 0 Å². The van der Waals surface area contributed by atoms with Gasteiger partial charge in [-0.3, -0.25) is 0 Å². The lowest BCUT2D eigenvalue weighted by Crippen LogP contribution is -2.00. The number of aryl methyl sites for hydroxylation is 1. The van der Waals surface area contributed by atoms with Crippen LogP contribution in [0, 0.1) is 0 Å². The Hall–Kier alpha value is -1.90. The van der Waals surface area contributed by atoms with Crippen LogP contribution in [0.15, 0.2) is 30.3 Å². The fourth-order valence-electron chi connectivity index (χ4n) is 1.86. The summed E-state index contributed by atoms with van der Waals surface area (Å²) in [6.07, 6.45) is 0.794. The molecule has 0 aliphatic rings. The molecule has 2 aromatic rings. The van der Waals surface area contributed by atoms with Gasteiger partial charge >= 0.3 is 0 Å². The SMILES string of the molecule is CCc1nc(N)cc(-c2ccc(C(C)C)cc2)n1. The summed E-state index contributed by atoms with van der Waals surface area (Å²) >= 11 is 0. The first-order chi connectivity index (χ1) is 8.60. The van der Waals surface area contributed by atoms with Gasteiger partial charge in [0.2, 0.25) is 0 Å². The van der Waals surface area contributed by atoms with E-state index in [9.17, 15) is 0 Å². The highest BCUT2D eigenvalue weighted by Gasteiger charge is 2.05. The first-order valence-electron chi connectivity index (χ1n) is 6.34. The second kappa shape index (κ2) is 5.17. The Morgan fingerprint density at radius 2 is 1.78 bits per heavy atom. The van der Waals surface area contributed by atoms with Crippen LogP contribution in [0.1, 0.15) is 38.1 Å². The molecule has 0 aliphatic carbocycles. The van der Waals surface area contributed by atoms with Crippen molar-refractivity contribution in [1.82, 2.24) is 9.97 Å². The van der Waals surface area contributed by atoms with Crippen LogP contribution in [-0.4, -0.2) is 9.97 Å². The van der Waals surface area contributed by atoms with E-state index in [1.807, 2.05) is 13.0 Å². The van der Waals surface area contributed by atoms with Crippen LogP contribution < -0.4 is 5.73 Å². The zero-order valence-electron chi connectivity index (χ0n) is 11.1. The molecule has 3 heteroatoms. The van der Waals surface area contributed by atoms with E-state index in [2.05, 4.69) is 48.1 Å². The highest BCUT2D eigenvalue weighted by molar-refractivity contribution is 5.62. The molecule has 0 radical (unpaired) electrons. The average molecular weight is 241 g/mol. The largest absolute Gasteiger partial charge is 0.384 e. The Balaban J connectivity index is 2.39. The number of nitrogen functional groups attached to an aromatic ring is 1. The first kappa shape index (κ1) is 12.6. The summed E-state index contributed by atoms with van der Waals surface area (Å²) in [7, 11) is 0. The number of nitrogens with two attached hydrogens (primary N) is 1. The summed E-state index contributed by atoms with van der Waals surface area (Å²) < 4.78 is 0. The van der Waals surface area contributed by atoms with E-state index >= 15 is 0 Å². The highest BCUT2D eigenvalue weighted by atomic mass is 14.9. The Morgan fingerprint density at radius 1 is 1.11 bits per heavy atom. The van der Waals surface area contributed by atoms with E-state index in [0.717, 1.165) is 23.5 Å². The van der Waals surface area contributed by atoms with Gasteiger partial charge in [0.25, 0.3) is 0 Å². The molecule has 1 aromatic carbocycles. The van der Waals surface area contributed by atoms with Crippen LogP contribution >= 0.6 is 0 Å². The van der Waals surface area contributed by atoms with Crippen molar-refractivity contribution in [3.8, 4) is 11.3 Å². The molecule has 3 nitrogen and oxygen atoms in total. The summed E-state index contributed by atoms with van der Waals surface area (Å²) in [5.74, 6) is 1.86. The quantitative estimate of drug-likeness (QED) is 0.895. The number of hydrogen-bond acceptors (Lipinski definition) is 3. The molecule has 0 aliphatic heterocycles. The molecule has 0 spiro atoms. The van der Waals surface area contributed by atoms with Gasteiger partial charge in [0, 0.05) is 18.1 Å². The third-order valence-corrected chi connectivity index (χ3v) is 2.98. The third kappa shape index (κ3) is 2.67. The van der Waals surface area contributed by atoms with Crippen molar-refractivity contribution in [2.75, 3.05) is 5.73 Å². The zero-order valence-corrected chi connectivity index (χ0v) is 11.1. The molecular weight excluding hydrogens is 222 g/mol. The van der Waals surface area contributed by atoms with Gasteiger partial charge < -0.3 is 5.73 Å². The fraction of sp³-hybridized carbons (Fsp3) is 0.333. The van der Waals surface area contributed by atoms with Crippen LogP contribution in [0.25, 0.3) is 11.3 Å². The van der Waals surface area contributed by atoms with E-state index in [-0.39, 0.29) is 0 Å². The Morgan fingerprint density at radius 3 is 2.33 bits per heavy atom. The maximum Gasteiger partial charge on any atom is 0.131 e.